The summed E-state index contributed by atoms with van der Waals surface area (Å²) in [6, 6.07) is 9.58. The van der Waals surface area contributed by atoms with Gasteiger partial charge in [0.25, 0.3) is 0 Å². The topological polar surface area (TPSA) is 116 Å². The minimum Gasteiger partial charge on any atom is -0.373 e. The van der Waals surface area contributed by atoms with Crippen LogP contribution in [0.15, 0.2) is 41.7 Å². The second-order valence-corrected chi connectivity index (χ2v) is 6.87. The van der Waals surface area contributed by atoms with Crippen LogP contribution in [0.5, 0.6) is 0 Å². The van der Waals surface area contributed by atoms with Gasteiger partial charge >= 0.3 is 0 Å². The molecule has 0 saturated carbocycles. The fourth-order valence-corrected chi connectivity index (χ4v) is 2.95. The number of nitrogens with one attached hydrogen (secondary N) is 3. The van der Waals surface area contributed by atoms with Gasteiger partial charge in [0.1, 0.15) is 18.0 Å². The van der Waals surface area contributed by atoms with Crippen molar-refractivity contribution in [1.29, 1.82) is 5.26 Å². The zero-order valence-electron chi connectivity index (χ0n) is 16.6. The van der Waals surface area contributed by atoms with E-state index in [4.69, 9.17) is 5.26 Å². The molecule has 9 nitrogen and oxygen atoms in total. The lowest BCUT2D eigenvalue weighted by Gasteiger charge is -2.12. The van der Waals surface area contributed by atoms with Crippen molar-refractivity contribution in [3.8, 4) is 12.0 Å². The van der Waals surface area contributed by atoms with Crippen molar-refractivity contribution in [2.75, 3.05) is 23.9 Å². The van der Waals surface area contributed by atoms with Crippen molar-refractivity contribution in [3.05, 3.63) is 47.9 Å². The predicted octanol–water partition coefficient (Wildman–Crippen LogP) is 3.49. The van der Waals surface area contributed by atoms with Crippen molar-refractivity contribution in [3.63, 3.8) is 0 Å². The summed E-state index contributed by atoms with van der Waals surface area (Å²) in [5.41, 5.74) is 3.51. The smallest absolute Gasteiger partial charge is 0.183 e. The van der Waals surface area contributed by atoms with Gasteiger partial charge in [0.05, 0.1) is 11.4 Å². The Bertz CT molecular complexity index is 1080. The quantitative estimate of drug-likeness (QED) is 0.255. The van der Waals surface area contributed by atoms with E-state index in [2.05, 4.69) is 36.0 Å². The van der Waals surface area contributed by atoms with Crippen molar-refractivity contribution in [2.24, 2.45) is 4.99 Å². The summed E-state index contributed by atoms with van der Waals surface area (Å²) in [6.45, 7) is 3.93. The molecule has 0 saturated heterocycles. The third-order valence-electron chi connectivity index (χ3n) is 4.03. The predicted molar refractivity (Wildman–Crippen MR) is 117 cm³/mol. The molecule has 0 aliphatic rings. The third kappa shape index (κ3) is 4.83. The van der Waals surface area contributed by atoms with Crippen LogP contribution in [0.25, 0.3) is 5.82 Å². The van der Waals surface area contributed by atoms with E-state index < -0.39 is 0 Å². The van der Waals surface area contributed by atoms with Gasteiger partial charge in [0.2, 0.25) is 0 Å². The molecule has 0 radical (unpaired) electrons. The summed E-state index contributed by atoms with van der Waals surface area (Å²) in [4.78, 5) is 13.0. The Morgan fingerprint density at radius 1 is 1.21 bits per heavy atom. The molecule has 0 aliphatic heterocycles. The van der Waals surface area contributed by atoms with Crippen LogP contribution < -0.4 is 16.0 Å². The molecule has 0 bridgehead atoms. The van der Waals surface area contributed by atoms with Crippen LogP contribution >= 0.6 is 11.8 Å². The SMILES string of the molecule is CNc1cc(-n2nc(C)cc2Nc2cc(N=C(NC#N)SC)ccc2C)ncn1. The number of thioether (sulfide) groups is 1. The van der Waals surface area contributed by atoms with Gasteiger partial charge in [-0.05, 0) is 37.8 Å². The highest BCUT2D eigenvalue weighted by Gasteiger charge is 2.11. The number of aromatic nitrogens is 4. The van der Waals surface area contributed by atoms with Crippen molar-refractivity contribution in [1.82, 2.24) is 25.1 Å². The maximum absolute atomic E-state index is 8.83. The third-order valence-corrected chi connectivity index (χ3v) is 4.61. The van der Waals surface area contributed by atoms with Crippen LogP contribution in [-0.2, 0) is 0 Å². The van der Waals surface area contributed by atoms with Crippen LogP contribution in [0.1, 0.15) is 11.3 Å². The molecular formula is C19H21N9S. The zero-order chi connectivity index (χ0) is 20.8. The van der Waals surface area contributed by atoms with Gasteiger partial charge in [-0.3, -0.25) is 5.32 Å². The molecule has 2 aromatic heterocycles. The number of hydrogen-bond donors (Lipinski definition) is 3. The van der Waals surface area contributed by atoms with E-state index in [1.165, 1.54) is 18.1 Å². The van der Waals surface area contributed by atoms with Gasteiger partial charge in [-0.15, -0.1) is 0 Å². The molecular weight excluding hydrogens is 386 g/mol. The number of aryl methyl sites for hydroxylation is 2. The Hall–Kier alpha value is -3.58. The van der Waals surface area contributed by atoms with Gasteiger partial charge < -0.3 is 10.6 Å². The summed E-state index contributed by atoms with van der Waals surface area (Å²) in [6.07, 6.45) is 5.25. The van der Waals surface area contributed by atoms with E-state index in [9.17, 15) is 0 Å². The first-order valence-electron chi connectivity index (χ1n) is 8.76. The van der Waals surface area contributed by atoms with E-state index in [0.717, 1.165) is 28.5 Å². The molecule has 1 aromatic carbocycles. The monoisotopic (exact) mass is 407 g/mol. The molecule has 0 atom stereocenters. The van der Waals surface area contributed by atoms with E-state index in [1.54, 1.807) is 11.7 Å². The number of amidine groups is 1. The molecule has 29 heavy (non-hydrogen) atoms. The largest absolute Gasteiger partial charge is 0.373 e. The van der Waals surface area contributed by atoms with Crippen LogP contribution in [0.3, 0.4) is 0 Å². The Morgan fingerprint density at radius 3 is 2.76 bits per heavy atom. The van der Waals surface area contributed by atoms with Gasteiger partial charge in [0, 0.05) is 24.9 Å². The van der Waals surface area contributed by atoms with Gasteiger partial charge in [-0.1, -0.05) is 17.8 Å². The number of anilines is 3. The van der Waals surface area contributed by atoms with Crippen molar-refractivity contribution >= 4 is 39.9 Å². The van der Waals surface area contributed by atoms with Crippen LogP contribution in [0.4, 0.5) is 23.0 Å². The molecule has 148 valence electrons. The van der Waals surface area contributed by atoms with E-state index >= 15 is 0 Å². The first kappa shape index (κ1) is 20.2. The highest BCUT2D eigenvalue weighted by molar-refractivity contribution is 8.13. The zero-order valence-corrected chi connectivity index (χ0v) is 17.4. The van der Waals surface area contributed by atoms with Crippen molar-refractivity contribution in [2.45, 2.75) is 13.8 Å². The normalized spacial score (nSPS) is 11.1. The Balaban J connectivity index is 1.97. The fourth-order valence-electron chi connectivity index (χ4n) is 2.60. The van der Waals surface area contributed by atoms with Gasteiger partial charge in [0.15, 0.2) is 17.2 Å². The average molecular weight is 408 g/mol. The molecule has 0 amide bonds. The standard InChI is InChI=1S/C19H21N9S/c1-12-5-6-14(25-19(29-4)22-10-20)8-15(12)26-18-7-13(2)27-28(18)17-9-16(21-3)23-11-24-17/h5-9,11,26H,1-4H3,(H,22,25)(H,21,23,24). The molecule has 2 heterocycles. The number of hydrogen-bond acceptors (Lipinski definition) is 8. The second-order valence-electron chi connectivity index (χ2n) is 6.08. The van der Waals surface area contributed by atoms with Crippen LogP contribution in [0, 0.1) is 25.3 Å². The number of nitriles is 1. The molecule has 3 rings (SSSR count). The van der Waals surface area contributed by atoms with Gasteiger partial charge in [-0.25, -0.2) is 15.0 Å². The fraction of sp³-hybridized carbons (Fsp3) is 0.211. The molecule has 0 aliphatic carbocycles. The summed E-state index contributed by atoms with van der Waals surface area (Å²) in [5.74, 6) is 2.12. The lowest BCUT2D eigenvalue weighted by Crippen LogP contribution is -2.12. The lowest BCUT2D eigenvalue weighted by molar-refractivity contribution is 0.833. The maximum atomic E-state index is 8.83. The average Bonchev–Trinajstić information content (AvgIpc) is 3.10. The first-order valence-corrected chi connectivity index (χ1v) is 9.99. The molecule has 0 fully saturated rings. The molecule has 3 N–H and O–H groups in total. The lowest BCUT2D eigenvalue weighted by atomic mass is 10.2. The maximum Gasteiger partial charge on any atom is 0.183 e. The number of aliphatic imine (C=N–C) groups is 1. The Morgan fingerprint density at radius 2 is 2.03 bits per heavy atom. The van der Waals surface area contributed by atoms with E-state index in [1.807, 2.05) is 56.6 Å². The van der Waals surface area contributed by atoms with E-state index in [0.29, 0.717) is 16.8 Å². The first-order chi connectivity index (χ1) is 14.0. The minimum atomic E-state index is 0.531. The summed E-state index contributed by atoms with van der Waals surface area (Å²) < 4.78 is 1.73. The summed E-state index contributed by atoms with van der Waals surface area (Å²) >= 11 is 1.37. The Kier molecular flexibility index (Phi) is 6.31. The second kappa shape index (κ2) is 9.07. The Labute approximate surface area is 173 Å². The number of benzene rings is 1. The minimum absolute atomic E-state index is 0.531. The van der Waals surface area contributed by atoms with Gasteiger partial charge in [-0.2, -0.15) is 15.0 Å². The molecule has 0 spiro atoms. The van der Waals surface area contributed by atoms with Crippen LogP contribution in [-0.4, -0.2) is 38.2 Å². The van der Waals surface area contributed by atoms with Crippen molar-refractivity contribution < 1.29 is 0 Å². The molecule has 10 heteroatoms. The highest BCUT2D eigenvalue weighted by atomic mass is 32.2. The van der Waals surface area contributed by atoms with Crippen LogP contribution in [0.2, 0.25) is 0 Å². The van der Waals surface area contributed by atoms with E-state index in [-0.39, 0.29) is 0 Å². The number of rotatable bonds is 5. The summed E-state index contributed by atoms with van der Waals surface area (Å²) in [5, 5.41) is 22.9. The molecule has 0 unspecified atom stereocenters. The highest BCUT2D eigenvalue weighted by Crippen LogP contribution is 2.28. The summed E-state index contributed by atoms with van der Waals surface area (Å²) in [7, 11) is 1.80. The molecule has 3 aromatic rings. The number of nitrogens with zero attached hydrogens (tertiary/aromatic N) is 6.